The number of carbonyl (C=O) groups excluding carboxylic acids is 1. The van der Waals surface area contributed by atoms with Gasteiger partial charge in [-0.15, -0.1) is 0 Å². The summed E-state index contributed by atoms with van der Waals surface area (Å²) in [5.41, 5.74) is 2.41. The Bertz CT molecular complexity index is 633. The van der Waals surface area contributed by atoms with Crippen LogP contribution in [-0.4, -0.2) is 19.4 Å². The Hall–Kier alpha value is -2.23. The molecule has 0 amide bonds. The number of hydrogen-bond acceptors (Lipinski definition) is 2. The first-order chi connectivity index (χ1) is 10.2. The molecule has 2 aromatic rings. The summed E-state index contributed by atoms with van der Waals surface area (Å²) in [7, 11) is 0. The molecule has 1 aliphatic rings. The van der Waals surface area contributed by atoms with Gasteiger partial charge in [0.1, 0.15) is 6.29 Å². The minimum absolute atomic E-state index is 0.0511. The van der Waals surface area contributed by atoms with Gasteiger partial charge in [-0.2, -0.15) is 0 Å². The maximum absolute atomic E-state index is 13.0. The minimum atomic E-state index is -2.48. The van der Waals surface area contributed by atoms with Gasteiger partial charge in [-0.3, -0.25) is 0 Å². The molecule has 1 fully saturated rings. The van der Waals surface area contributed by atoms with Crippen LogP contribution < -0.4 is 4.90 Å². The molecule has 2 aromatic carbocycles. The second kappa shape index (κ2) is 5.64. The summed E-state index contributed by atoms with van der Waals surface area (Å²) in [5, 5.41) is 0. The Balaban J connectivity index is 1.83. The molecule has 0 radical (unpaired) electrons. The highest BCUT2D eigenvalue weighted by molar-refractivity contribution is 5.71. The van der Waals surface area contributed by atoms with E-state index < -0.39 is 6.43 Å². The zero-order valence-corrected chi connectivity index (χ0v) is 11.4. The maximum Gasteiger partial charge on any atom is 0.264 e. The van der Waals surface area contributed by atoms with Gasteiger partial charge in [0.25, 0.3) is 6.43 Å². The van der Waals surface area contributed by atoms with Gasteiger partial charge in [-0.25, -0.2) is 8.78 Å². The first-order valence-corrected chi connectivity index (χ1v) is 6.87. The highest BCUT2D eigenvalue weighted by Gasteiger charge is 2.26. The Morgan fingerprint density at radius 3 is 2.33 bits per heavy atom. The number of halogens is 2. The number of carbonyl (C=O) groups is 1. The summed E-state index contributed by atoms with van der Waals surface area (Å²) in [6.45, 7) is 1.47. The fraction of sp³-hybridized carbons (Fsp3) is 0.235. The van der Waals surface area contributed by atoms with Crippen molar-refractivity contribution in [1.29, 1.82) is 0 Å². The zero-order valence-electron chi connectivity index (χ0n) is 11.4. The summed E-state index contributed by atoms with van der Waals surface area (Å²) < 4.78 is 26.1. The normalized spacial score (nSPS) is 15.1. The smallest absolute Gasteiger partial charge is 0.264 e. The molecule has 2 nitrogen and oxygen atoms in total. The third-order valence-electron chi connectivity index (χ3n) is 3.84. The van der Waals surface area contributed by atoms with Gasteiger partial charge in [-0.05, 0) is 23.3 Å². The van der Waals surface area contributed by atoms with Crippen molar-refractivity contribution < 1.29 is 13.6 Å². The molecule has 1 saturated heterocycles. The van der Waals surface area contributed by atoms with Crippen LogP contribution in [0.15, 0.2) is 48.5 Å². The number of hydrogen-bond donors (Lipinski definition) is 0. The number of benzene rings is 2. The fourth-order valence-electron chi connectivity index (χ4n) is 2.61. The standard InChI is InChI=1S/C17H15F2NO/c18-17(19)16-4-2-1-3-15(16)13-5-7-14(8-6-13)20-9-12(10-20)11-21/h1-8,11-12,17H,9-10H2. The molecule has 0 bridgehead atoms. The van der Waals surface area contributed by atoms with Gasteiger partial charge < -0.3 is 9.69 Å². The van der Waals surface area contributed by atoms with Crippen LogP contribution in [0.4, 0.5) is 14.5 Å². The fourth-order valence-corrected chi connectivity index (χ4v) is 2.61. The summed E-state index contributed by atoms with van der Waals surface area (Å²) >= 11 is 0. The van der Waals surface area contributed by atoms with Crippen LogP contribution >= 0.6 is 0 Å². The van der Waals surface area contributed by atoms with Crippen LogP contribution in [0.1, 0.15) is 12.0 Å². The van der Waals surface area contributed by atoms with Gasteiger partial charge in [0.15, 0.2) is 0 Å². The first-order valence-electron chi connectivity index (χ1n) is 6.87. The van der Waals surface area contributed by atoms with Crippen LogP contribution in [-0.2, 0) is 4.79 Å². The first kappa shape index (κ1) is 13.7. The van der Waals surface area contributed by atoms with E-state index in [1.54, 1.807) is 18.2 Å². The molecule has 0 aromatic heterocycles. The van der Waals surface area contributed by atoms with E-state index in [1.807, 2.05) is 24.3 Å². The minimum Gasteiger partial charge on any atom is -0.370 e. The molecule has 0 atom stereocenters. The number of aldehydes is 1. The molecule has 0 saturated carbocycles. The van der Waals surface area contributed by atoms with Crippen LogP contribution in [0.25, 0.3) is 11.1 Å². The van der Waals surface area contributed by atoms with Crippen LogP contribution in [0.3, 0.4) is 0 Å². The lowest BCUT2D eigenvalue weighted by Gasteiger charge is -2.38. The van der Waals surface area contributed by atoms with Crippen molar-refractivity contribution in [1.82, 2.24) is 0 Å². The monoisotopic (exact) mass is 287 g/mol. The number of nitrogens with zero attached hydrogens (tertiary/aromatic N) is 1. The molecule has 0 N–H and O–H groups in total. The van der Waals surface area contributed by atoms with E-state index in [0.29, 0.717) is 5.56 Å². The Kier molecular flexibility index (Phi) is 3.69. The maximum atomic E-state index is 13.0. The van der Waals surface area contributed by atoms with E-state index in [-0.39, 0.29) is 11.5 Å². The summed E-state index contributed by atoms with van der Waals surface area (Å²) in [4.78, 5) is 12.7. The predicted molar refractivity (Wildman–Crippen MR) is 78.6 cm³/mol. The van der Waals surface area contributed by atoms with Crippen molar-refractivity contribution in [3.8, 4) is 11.1 Å². The lowest BCUT2D eigenvalue weighted by atomic mass is 9.98. The summed E-state index contributed by atoms with van der Waals surface area (Å²) in [5.74, 6) is 0.115. The molecule has 4 heteroatoms. The van der Waals surface area contributed by atoms with E-state index in [9.17, 15) is 13.6 Å². The highest BCUT2D eigenvalue weighted by atomic mass is 19.3. The van der Waals surface area contributed by atoms with E-state index >= 15 is 0 Å². The lowest BCUT2D eigenvalue weighted by molar-refractivity contribution is -0.111. The van der Waals surface area contributed by atoms with Crippen LogP contribution in [0.2, 0.25) is 0 Å². The van der Waals surface area contributed by atoms with E-state index in [2.05, 4.69) is 4.90 Å². The second-order valence-electron chi connectivity index (χ2n) is 5.24. The molecule has 21 heavy (non-hydrogen) atoms. The third-order valence-corrected chi connectivity index (χ3v) is 3.84. The molecule has 0 aliphatic carbocycles. The third kappa shape index (κ3) is 2.66. The van der Waals surface area contributed by atoms with Crippen LogP contribution in [0, 0.1) is 5.92 Å². The van der Waals surface area contributed by atoms with Gasteiger partial charge in [0, 0.05) is 30.3 Å². The average molecular weight is 287 g/mol. The molecule has 1 heterocycles. The molecule has 108 valence electrons. The Morgan fingerprint density at radius 2 is 1.71 bits per heavy atom. The van der Waals surface area contributed by atoms with Crippen molar-refractivity contribution in [3.05, 3.63) is 54.1 Å². The lowest BCUT2D eigenvalue weighted by Crippen LogP contribution is -2.47. The largest absolute Gasteiger partial charge is 0.370 e. The van der Waals surface area contributed by atoms with Gasteiger partial charge >= 0.3 is 0 Å². The average Bonchev–Trinajstić information content (AvgIpc) is 2.47. The van der Waals surface area contributed by atoms with E-state index in [4.69, 9.17) is 0 Å². The summed E-state index contributed by atoms with van der Waals surface area (Å²) in [6.07, 6.45) is -1.51. The van der Waals surface area contributed by atoms with Gasteiger partial charge in [0.2, 0.25) is 0 Å². The van der Waals surface area contributed by atoms with Crippen molar-refractivity contribution in [3.63, 3.8) is 0 Å². The van der Waals surface area contributed by atoms with Gasteiger partial charge in [0.05, 0.1) is 0 Å². The molecular formula is C17H15F2NO. The van der Waals surface area contributed by atoms with E-state index in [1.165, 1.54) is 6.07 Å². The SMILES string of the molecule is O=CC1CN(c2ccc(-c3ccccc3C(F)F)cc2)C1. The van der Waals surface area contributed by atoms with Crippen molar-refractivity contribution in [2.75, 3.05) is 18.0 Å². The van der Waals surface area contributed by atoms with Crippen molar-refractivity contribution in [2.45, 2.75) is 6.43 Å². The molecule has 1 aliphatic heterocycles. The van der Waals surface area contributed by atoms with Crippen LogP contribution in [0.5, 0.6) is 0 Å². The second-order valence-corrected chi connectivity index (χ2v) is 5.24. The van der Waals surface area contributed by atoms with Crippen molar-refractivity contribution >= 4 is 12.0 Å². The number of rotatable bonds is 4. The predicted octanol–water partition coefficient (Wildman–Crippen LogP) is 3.93. The van der Waals surface area contributed by atoms with Gasteiger partial charge in [-0.1, -0.05) is 36.4 Å². The molecular weight excluding hydrogens is 272 g/mol. The van der Waals surface area contributed by atoms with Crippen molar-refractivity contribution in [2.24, 2.45) is 5.92 Å². The quantitative estimate of drug-likeness (QED) is 0.794. The zero-order chi connectivity index (χ0) is 14.8. The number of anilines is 1. The van der Waals surface area contributed by atoms with E-state index in [0.717, 1.165) is 30.6 Å². The summed E-state index contributed by atoms with van der Waals surface area (Å²) in [6, 6.07) is 14.1. The molecule has 3 rings (SSSR count). The topological polar surface area (TPSA) is 20.3 Å². The molecule has 0 spiro atoms. The Labute approximate surface area is 122 Å². The highest BCUT2D eigenvalue weighted by Crippen LogP contribution is 2.32. The Morgan fingerprint density at radius 1 is 1.05 bits per heavy atom. The molecule has 0 unspecified atom stereocenters. The number of alkyl halides is 2.